The van der Waals surface area contributed by atoms with Gasteiger partial charge >= 0.3 is 0 Å². The molecule has 104 valence electrons. The predicted molar refractivity (Wildman–Crippen MR) is 78.6 cm³/mol. The van der Waals surface area contributed by atoms with Gasteiger partial charge < -0.3 is 10.4 Å². The largest absolute Gasteiger partial charge is 0.508 e. The van der Waals surface area contributed by atoms with Gasteiger partial charge in [-0.2, -0.15) is 0 Å². The van der Waals surface area contributed by atoms with Crippen molar-refractivity contribution in [3.63, 3.8) is 0 Å². The minimum atomic E-state index is -0.373. The summed E-state index contributed by atoms with van der Waals surface area (Å²) in [5, 5.41) is 12.9. The number of fused-ring (bicyclic) bond motifs is 1. The molecule has 1 aliphatic heterocycles. The first-order valence-corrected chi connectivity index (χ1v) is 7.03. The van der Waals surface area contributed by atoms with Gasteiger partial charge in [0.1, 0.15) is 11.6 Å². The average Bonchev–Trinajstić information content (AvgIpc) is 2.44. The van der Waals surface area contributed by atoms with Crippen molar-refractivity contribution in [3.05, 3.63) is 59.4 Å². The molecule has 1 aliphatic rings. The summed E-state index contributed by atoms with van der Waals surface area (Å²) in [6.07, 6.45) is 3.89. The molecule has 0 radical (unpaired) electrons. The predicted octanol–water partition coefficient (Wildman–Crippen LogP) is 3.89. The Kier molecular flexibility index (Phi) is 3.59. The number of anilines is 1. The maximum atomic E-state index is 13.2. The first kappa shape index (κ1) is 13.0. The topological polar surface area (TPSA) is 32.3 Å². The highest BCUT2D eigenvalue weighted by Gasteiger charge is 2.17. The van der Waals surface area contributed by atoms with Crippen molar-refractivity contribution in [2.45, 2.75) is 31.7 Å². The molecule has 0 bridgehead atoms. The molecule has 0 spiro atoms. The molecular weight excluding hydrogens is 253 g/mol. The summed E-state index contributed by atoms with van der Waals surface area (Å²) in [4.78, 5) is 0. The van der Waals surface area contributed by atoms with Gasteiger partial charge in [-0.3, -0.25) is 0 Å². The number of nitrogens with one attached hydrogen (secondary N) is 1. The van der Waals surface area contributed by atoms with Crippen LogP contribution < -0.4 is 5.32 Å². The number of benzene rings is 2. The average molecular weight is 271 g/mol. The number of hydrogen-bond donors (Lipinski definition) is 2. The van der Waals surface area contributed by atoms with Gasteiger partial charge in [0.15, 0.2) is 0 Å². The number of aryl methyl sites for hydroxylation is 2. The first-order valence-electron chi connectivity index (χ1n) is 7.03. The van der Waals surface area contributed by atoms with E-state index < -0.39 is 0 Å². The lowest BCUT2D eigenvalue weighted by Gasteiger charge is -2.27. The van der Waals surface area contributed by atoms with Crippen molar-refractivity contribution in [2.75, 3.05) is 5.32 Å². The Morgan fingerprint density at radius 1 is 1.20 bits per heavy atom. The third-order valence-electron chi connectivity index (χ3n) is 3.86. The number of rotatable bonds is 3. The molecule has 1 unspecified atom stereocenters. The number of hydrogen-bond acceptors (Lipinski definition) is 2. The van der Waals surface area contributed by atoms with Gasteiger partial charge in [-0.25, -0.2) is 4.39 Å². The van der Waals surface area contributed by atoms with Crippen molar-refractivity contribution < 1.29 is 9.50 Å². The minimum Gasteiger partial charge on any atom is -0.508 e. The molecule has 0 fully saturated rings. The van der Waals surface area contributed by atoms with E-state index in [2.05, 4.69) is 23.5 Å². The molecule has 20 heavy (non-hydrogen) atoms. The number of para-hydroxylation sites is 1. The molecule has 2 nitrogen and oxygen atoms in total. The summed E-state index contributed by atoms with van der Waals surface area (Å²) in [6.45, 7) is 0. The highest BCUT2D eigenvalue weighted by molar-refractivity contribution is 5.53. The fraction of sp³-hybridized carbons (Fsp3) is 0.294. The minimum absolute atomic E-state index is 0.00180. The van der Waals surface area contributed by atoms with Crippen LogP contribution in [0, 0.1) is 5.82 Å². The lowest BCUT2D eigenvalue weighted by atomic mass is 9.94. The first-order chi connectivity index (χ1) is 9.70. The SMILES string of the molecule is Oc1cc(F)cc(CCC2CCc3ccccc3N2)c1. The van der Waals surface area contributed by atoms with Crippen molar-refractivity contribution >= 4 is 5.69 Å². The second-order valence-corrected chi connectivity index (χ2v) is 5.39. The quantitative estimate of drug-likeness (QED) is 0.887. The van der Waals surface area contributed by atoms with Crippen molar-refractivity contribution in [1.82, 2.24) is 0 Å². The lowest BCUT2D eigenvalue weighted by molar-refractivity contribution is 0.467. The Bertz CT molecular complexity index is 591. The maximum absolute atomic E-state index is 13.2. The van der Waals surface area contributed by atoms with E-state index in [1.807, 2.05) is 6.07 Å². The number of phenolic OH excluding ortho intramolecular Hbond substituents is 1. The molecule has 0 aliphatic carbocycles. The van der Waals surface area contributed by atoms with Crippen LogP contribution in [0.2, 0.25) is 0 Å². The summed E-state index contributed by atoms with van der Waals surface area (Å²) < 4.78 is 13.2. The Morgan fingerprint density at radius 2 is 2.05 bits per heavy atom. The molecule has 3 heteroatoms. The van der Waals surface area contributed by atoms with Crippen molar-refractivity contribution in [1.29, 1.82) is 0 Å². The maximum Gasteiger partial charge on any atom is 0.127 e. The van der Waals surface area contributed by atoms with Gasteiger partial charge in [-0.15, -0.1) is 0 Å². The third kappa shape index (κ3) is 2.93. The smallest absolute Gasteiger partial charge is 0.127 e. The van der Waals surface area contributed by atoms with Gasteiger partial charge in [-0.05, 0) is 55.0 Å². The van der Waals surface area contributed by atoms with Crippen LogP contribution in [0.25, 0.3) is 0 Å². The Labute approximate surface area is 118 Å². The van der Waals surface area contributed by atoms with Crippen LogP contribution in [0.5, 0.6) is 5.75 Å². The van der Waals surface area contributed by atoms with E-state index in [1.54, 1.807) is 6.07 Å². The third-order valence-corrected chi connectivity index (χ3v) is 3.86. The van der Waals surface area contributed by atoms with Crippen molar-refractivity contribution in [2.24, 2.45) is 0 Å². The van der Waals surface area contributed by atoms with Crippen LogP contribution in [0.4, 0.5) is 10.1 Å². The fourth-order valence-corrected chi connectivity index (χ4v) is 2.84. The normalized spacial score (nSPS) is 17.4. The fourth-order valence-electron chi connectivity index (χ4n) is 2.84. The van der Waals surface area contributed by atoms with Gasteiger partial charge in [0.05, 0.1) is 0 Å². The molecule has 0 saturated heterocycles. The number of aromatic hydroxyl groups is 1. The Hall–Kier alpha value is -2.03. The molecule has 1 heterocycles. The zero-order valence-corrected chi connectivity index (χ0v) is 11.3. The highest BCUT2D eigenvalue weighted by atomic mass is 19.1. The van der Waals surface area contributed by atoms with Crippen molar-refractivity contribution in [3.8, 4) is 5.75 Å². The van der Waals surface area contributed by atoms with Gasteiger partial charge in [-0.1, -0.05) is 18.2 Å². The van der Waals surface area contributed by atoms with E-state index >= 15 is 0 Å². The molecule has 2 N–H and O–H groups in total. The molecular formula is C17H18FNO. The molecule has 2 aromatic carbocycles. The molecule has 0 saturated carbocycles. The summed E-state index contributed by atoms with van der Waals surface area (Å²) in [5.74, 6) is -0.371. The van der Waals surface area contributed by atoms with Gasteiger partial charge in [0, 0.05) is 17.8 Å². The zero-order chi connectivity index (χ0) is 13.9. The summed E-state index contributed by atoms with van der Waals surface area (Å²) >= 11 is 0. The van der Waals surface area contributed by atoms with Crippen LogP contribution in [-0.4, -0.2) is 11.1 Å². The van der Waals surface area contributed by atoms with E-state index in [9.17, 15) is 9.50 Å². The van der Waals surface area contributed by atoms with E-state index in [4.69, 9.17) is 0 Å². The van der Waals surface area contributed by atoms with Gasteiger partial charge in [0.2, 0.25) is 0 Å². The second kappa shape index (κ2) is 5.53. The zero-order valence-electron chi connectivity index (χ0n) is 11.3. The molecule has 1 atom stereocenters. The van der Waals surface area contributed by atoms with Crippen LogP contribution in [-0.2, 0) is 12.8 Å². The standard InChI is InChI=1S/C17H18FNO/c18-14-9-12(10-16(20)11-14)5-7-15-8-6-13-3-1-2-4-17(13)19-15/h1-4,9-11,15,19-20H,5-8H2. The van der Waals surface area contributed by atoms with E-state index in [-0.39, 0.29) is 11.6 Å². The van der Waals surface area contributed by atoms with Crippen LogP contribution >= 0.6 is 0 Å². The Morgan fingerprint density at radius 3 is 2.90 bits per heavy atom. The lowest BCUT2D eigenvalue weighted by Crippen LogP contribution is -2.25. The number of halogens is 1. The van der Waals surface area contributed by atoms with E-state index in [1.165, 1.54) is 17.3 Å². The monoisotopic (exact) mass is 271 g/mol. The summed E-state index contributed by atoms with van der Waals surface area (Å²) in [5.41, 5.74) is 3.43. The van der Waals surface area contributed by atoms with E-state index in [0.29, 0.717) is 6.04 Å². The molecule has 0 aromatic heterocycles. The summed E-state index contributed by atoms with van der Waals surface area (Å²) in [7, 11) is 0. The van der Waals surface area contributed by atoms with Gasteiger partial charge in [0.25, 0.3) is 0 Å². The van der Waals surface area contributed by atoms with E-state index in [0.717, 1.165) is 37.3 Å². The summed E-state index contributed by atoms with van der Waals surface area (Å²) in [6, 6.07) is 13.1. The molecule has 3 rings (SSSR count). The van der Waals surface area contributed by atoms with Crippen LogP contribution in [0.15, 0.2) is 42.5 Å². The molecule has 0 amide bonds. The Balaban J connectivity index is 1.62. The second-order valence-electron chi connectivity index (χ2n) is 5.39. The highest BCUT2D eigenvalue weighted by Crippen LogP contribution is 2.26. The number of phenols is 1. The van der Waals surface area contributed by atoms with Crippen LogP contribution in [0.1, 0.15) is 24.0 Å². The molecule has 2 aromatic rings. The van der Waals surface area contributed by atoms with Crippen LogP contribution in [0.3, 0.4) is 0 Å².